The maximum Gasteiger partial charge on any atom is 0.407 e. The molecule has 0 spiro atoms. The first-order valence-electron chi connectivity index (χ1n) is 6.69. The smallest absolute Gasteiger partial charge is 0.407 e. The average molecular weight is 342 g/mol. The average Bonchev–Trinajstić information content (AvgIpc) is 3.12. The van der Waals surface area contributed by atoms with Gasteiger partial charge >= 0.3 is 6.09 Å². The molecule has 1 aliphatic rings. The molecule has 5 heteroatoms. The minimum atomic E-state index is -0.489. The number of carbonyl (C=O) groups excluding carboxylic acids is 1. The second-order valence-corrected chi connectivity index (χ2v) is 6.87. The topological polar surface area (TPSA) is 50.9 Å². The van der Waals surface area contributed by atoms with Crippen LogP contribution in [0.4, 0.5) is 4.79 Å². The predicted octanol–water partition coefficient (Wildman–Crippen LogP) is 3.28. The van der Waals surface area contributed by atoms with E-state index in [9.17, 15) is 4.79 Å². The number of benzene rings is 1. The zero-order valence-electron chi connectivity index (χ0n) is 12.0. The normalized spacial score (nSPS) is 19.3. The van der Waals surface area contributed by atoms with Crippen molar-refractivity contribution in [3.63, 3.8) is 0 Å². The van der Waals surface area contributed by atoms with Crippen molar-refractivity contribution in [2.45, 2.75) is 44.9 Å². The number of amides is 1. The molecule has 0 aromatic heterocycles. The van der Waals surface area contributed by atoms with E-state index in [4.69, 9.17) is 9.47 Å². The van der Waals surface area contributed by atoms with Crippen LogP contribution in [0.3, 0.4) is 0 Å². The minimum absolute atomic E-state index is 0.0500. The highest BCUT2D eigenvalue weighted by Gasteiger charge is 2.34. The molecule has 1 aromatic rings. The van der Waals surface area contributed by atoms with E-state index < -0.39 is 11.7 Å². The first kappa shape index (κ1) is 15.3. The van der Waals surface area contributed by atoms with Gasteiger partial charge in [0.15, 0.2) is 0 Å². The minimum Gasteiger partial charge on any atom is -0.444 e. The summed E-state index contributed by atoms with van der Waals surface area (Å²) in [7, 11) is 0. The Hall–Kier alpha value is -1.07. The number of hydrogen-bond acceptors (Lipinski definition) is 3. The van der Waals surface area contributed by atoms with Gasteiger partial charge in [-0.1, -0.05) is 28.1 Å². The molecule has 0 radical (unpaired) electrons. The zero-order chi connectivity index (χ0) is 14.8. The van der Waals surface area contributed by atoms with Crippen molar-refractivity contribution in [3.05, 3.63) is 34.3 Å². The van der Waals surface area contributed by atoms with Crippen molar-refractivity contribution in [2.75, 3.05) is 6.61 Å². The summed E-state index contributed by atoms with van der Waals surface area (Å²) < 4.78 is 11.7. The largest absolute Gasteiger partial charge is 0.444 e. The van der Waals surface area contributed by atoms with Gasteiger partial charge in [-0.3, -0.25) is 0 Å². The van der Waals surface area contributed by atoms with Crippen LogP contribution in [0.15, 0.2) is 28.7 Å². The lowest BCUT2D eigenvalue weighted by molar-refractivity contribution is 0.0495. The molecule has 110 valence electrons. The van der Waals surface area contributed by atoms with Crippen LogP contribution in [-0.4, -0.2) is 30.4 Å². The van der Waals surface area contributed by atoms with Crippen molar-refractivity contribution in [3.8, 4) is 0 Å². The van der Waals surface area contributed by atoms with Gasteiger partial charge in [0.1, 0.15) is 11.7 Å². The first-order valence-corrected chi connectivity index (χ1v) is 7.48. The molecule has 1 aromatic carbocycles. The van der Waals surface area contributed by atoms with Gasteiger partial charge in [-0.15, -0.1) is 0 Å². The number of ether oxygens (including phenoxy) is 2. The van der Waals surface area contributed by atoms with Gasteiger partial charge in [0, 0.05) is 4.47 Å². The molecule has 0 aliphatic carbocycles. The third kappa shape index (κ3) is 5.13. The van der Waals surface area contributed by atoms with Gasteiger partial charge in [-0.25, -0.2) is 4.79 Å². The Bertz CT molecular complexity index is 463. The summed E-state index contributed by atoms with van der Waals surface area (Å²) in [5, 5.41) is 2.90. The molecule has 1 heterocycles. The van der Waals surface area contributed by atoms with E-state index >= 15 is 0 Å². The summed E-state index contributed by atoms with van der Waals surface area (Å²) in [6.45, 7) is 6.24. The number of rotatable bonds is 4. The van der Waals surface area contributed by atoms with Gasteiger partial charge in [0.05, 0.1) is 12.6 Å². The van der Waals surface area contributed by atoms with E-state index in [2.05, 4.69) is 21.2 Å². The summed E-state index contributed by atoms with van der Waals surface area (Å²) in [5.41, 5.74) is 0.668. The molecule has 2 rings (SSSR count). The number of halogens is 1. The molecule has 1 saturated heterocycles. The second-order valence-electron chi connectivity index (χ2n) is 5.96. The lowest BCUT2D eigenvalue weighted by Crippen LogP contribution is -2.43. The highest BCUT2D eigenvalue weighted by Crippen LogP contribution is 2.20. The van der Waals surface area contributed by atoms with E-state index in [-0.39, 0.29) is 12.1 Å². The lowest BCUT2D eigenvalue weighted by atomic mass is 10.0. The SMILES string of the molecule is CC(C)(C)OC(=O)NC(Cc1ccc(Br)cc1)C1CO1. The fourth-order valence-corrected chi connectivity index (χ4v) is 2.16. The summed E-state index contributed by atoms with van der Waals surface area (Å²) in [6.07, 6.45) is 0.429. The van der Waals surface area contributed by atoms with Crippen LogP contribution in [0, 0.1) is 0 Å². The van der Waals surface area contributed by atoms with E-state index in [1.165, 1.54) is 0 Å². The molecule has 4 nitrogen and oxygen atoms in total. The van der Waals surface area contributed by atoms with E-state index in [1.54, 1.807) is 0 Å². The Morgan fingerprint density at radius 2 is 2.05 bits per heavy atom. The lowest BCUT2D eigenvalue weighted by Gasteiger charge is -2.23. The van der Waals surface area contributed by atoms with E-state index in [0.717, 1.165) is 16.5 Å². The van der Waals surface area contributed by atoms with Crippen LogP contribution in [-0.2, 0) is 15.9 Å². The molecular weight excluding hydrogens is 322 g/mol. The van der Waals surface area contributed by atoms with Crippen molar-refractivity contribution in [2.24, 2.45) is 0 Å². The standard InChI is InChI=1S/C15H20BrNO3/c1-15(2,3)20-14(18)17-12(13-9-19-13)8-10-4-6-11(16)7-5-10/h4-7,12-13H,8-9H2,1-3H3,(H,17,18). The molecule has 2 unspecified atom stereocenters. The Balaban J connectivity index is 1.94. The Morgan fingerprint density at radius 3 is 2.55 bits per heavy atom. The maximum absolute atomic E-state index is 11.8. The third-order valence-electron chi connectivity index (χ3n) is 2.88. The molecule has 0 saturated carbocycles. The third-order valence-corrected chi connectivity index (χ3v) is 3.41. The van der Waals surface area contributed by atoms with Crippen LogP contribution >= 0.6 is 15.9 Å². The fraction of sp³-hybridized carbons (Fsp3) is 0.533. The first-order chi connectivity index (χ1) is 9.33. The number of epoxide rings is 1. The number of carbonyl (C=O) groups is 1. The molecule has 1 aliphatic heterocycles. The van der Waals surface area contributed by atoms with Crippen molar-refractivity contribution >= 4 is 22.0 Å². The molecule has 1 N–H and O–H groups in total. The van der Waals surface area contributed by atoms with Crippen LogP contribution < -0.4 is 5.32 Å². The molecule has 1 amide bonds. The Kier molecular flexibility index (Phi) is 4.70. The fourth-order valence-electron chi connectivity index (χ4n) is 1.90. The molecule has 20 heavy (non-hydrogen) atoms. The molecule has 2 atom stereocenters. The Morgan fingerprint density at radius 1 is 1.45 bits per heavy atom. The van der Waals surface area contributed by atoms with Crippen LogP contribution in [0.25, 0.3) is 0 Å². The van der Waals surface area contributed by atoms with Gasteiger partial charge in [0.2, 0.25) is 0 Å². The quantitative estimate of drug-likeness (QED) is 0.855. The van der Waals surface area contributed by atoms with Gasteiger partial charge in [-0.2, -0.15) is 0 Å². The van der Waals surface area contributed by atoms with Gasteiger partial charge in [0.25, 0.3) is 0 Å². The summed E-state index contributed by atoms with van der Waals surface area (Å²) in [6, 6.07) is 8.01. The van der Waals surface area contributed by atoms with E-state index in [0.29, 0.717) is 6.61 Å². The number of nitrogens with one attached hydrogen (secondary N) is 1. The number of alkyl carbamates (subject to hydrolysis) is 1. The zero-order valence-corrected chi connectivity index (χ0v) is 13.6. The number of hydrogen-bond donors (Lipinski definition) is 1. The predicted molar refractivity (Wildman–Crippen MR) is 80.7 cm³/mol. The monoisotopic (exact) mass is 341 g/mol. The van der Waals surface area contributed by atoms with Crippen LogP contribution in [0.5, 0.6) is 0 Å². The van der Waals surface area contributed by atoms with Crippen molar-refractivity contribution < 1.29 is 14.3 Å². The highest BCUT2D eigenvalue weighted by atomic mass is 79.9. The van der Waals surface area contributed by atoms with Crippen LogP contribution in [0.2, 0.25) is 0 Å². The summed E-state index contributed by atoms with van der Waals surface area (Å²) in [4.78, 5) is 11.8. The van der Waals surface area contributed by atoms with Crippen molar-refractivity contribution in [1.82, 2.24) is 5.32 Å². The van der Waals surface area contributed by atoms with E-state index in [1.807, 2.05) is 45.0 Å². The van der Waals surface area contributed by atoms with Gasteiger partial charge < -0.3 is 14.8 Å². The second kappa shape index (κ2) is 6.14. The van der Waals surface area contributed by atoms with Gasteiger partial charge in [-0.05, 0) is 44.9 Å². The molecule has 1 fully saturated rings. The maximum atomic E-state index is 11.8. The molecule has 0 bridgehead atoms. The summed E-state index contributed by atoms with van der Waals surface area (Å²) in [5.74, 6) is 0. The van der Waals surface area contributed by atoms with Crippen molar-refractivity contribution in [1.29, 1.82) is 0 Å². The summed E-state index contributed by atoms with van der Waals surface area (Å²) >= 11 is 3.41. The Labute approximate surface area is 128 Å². The molecular formula is C15H20BrNO3. The highest BCUT2D eigenvalue weighted by molar-refractivity contribution is 9.10. The van der Waals surface area contributed by atoms with Crippen LogP contribution in [0.1, 0.15) is 26.3 Å².